The van der Waals surface area contributed by atoms with E-state index in [2.05, 4.69) is 0 Å². The lowest BCUT2D eigenvalue weighted by Crippen LogP contribution is -2.60. The van der Waals surface area contributed by atoms with E-state index < -0.39 is 42.8 Å². The highest BCUT2D eigenvalue weighted by atomic mass is 16.8. The molecule has 0 aliphatic carbocycles. The molecule has 1 aromatic rings. The first kappa shape index (κ1) is 15.0. The minimum absolute atomic E-state index is 0.261. The Morgan fingerprint density at radius 3 is 2.70 bits per heavy atom. The first-order valence-corrected chi connectivity index (χ1v) is 7.52. The van der Waals surface area contributed by atoms with E-state index in [0.717, 1.165) is 5.56 Å². The summed E-state index contributed by atoms with van der Waals surface area (Å²) in [6.45, 7) is 1.76. The van der Waals surface area contributed by atoms with Crippen molar-refractivity contribution in [2.45, 2.75) is 49.7 Å². The number of benzene rings is 1. The van der Waals surface area contributed by atoms with Gasteiger partial charge in [0.15, 0.2) is 12.6 Å². The molecule has 3 aliphatic rings. The zero-order valence-electron chi connectivity index (χ0n) is 12.5. The molecule has 0 spiro atoms. The van der Waals surface area contributed by atoms with Crippen LogP contribution in [0, 0.1) is 11.3 Å². The molecule has 7 heteroatoms. The maximum atomic E-state index is 10.6. The van der Waals surface area contributed by atoms with E-state index in [4.69, 9.17) is 28.9 Å². The average Bonchev–Trinajstić information content (AvgIpc) is 2.93. The molecule has 3 fully saturated rings. The van der Waals surface area contributed by atoms with Crippen molar-refractivity contribution in [2.24, 2.45) is 0 Å². The normalized spacial score (nSPS) is 45.8. The second kappa shape index (κ2) is 5.53. The van der Waals surface area contributed by atoms with Crippen molar-refractivity contribution in [1.29, 1.82) is 5.26 Å². The molecule has 1 N–H and O–H groups in total. The van der Waals surface area contributed by atoms with Crippen molar-refractivity contribution < 1.29 is 28.8 Å². The van der Waals surface area contributed by atoms with Crippen LogP contribution in [0.3, 0.4) is 0 Å². The van der Waals surface area contributed by atoms with Gasteiger partial charge in [-0.05, 0) is 0 Å². The number of nitriles is 1. The SMILES string of the molecule is C[C@]1(C#N)O[C@H]2O[C@@H]3CO[C@H](c4ccccc4)O[C@@H]3[C@H](O)[C@H]2O1. The summed E-state index contributed by atoms with van der Waals surface area (Å²) < 4.78 is 28.3. The number of aliphatic hydroxyl groups excluding tert-OH is 1. The molecule has 1 aromatic carbocycles. The van der Waals surface area contributed by atoms with Crippen LogP contribution < -0.4 is 0 Å². The molecule has 0 bridgehead atoms. The van der Waals surface area contributed by atoms with Crippen LogP contribution in [-0.2, 0) is 23.7 Å². The Morgan fingerprint density at radius 1 is 1.17 bits per heavy atom. The number of ether oxygens (including phenoxy) is 5. The lowest BCUT2D eigenvalue weighted by molar-refractivity contribution is -0.338. The van der Waals surface area contributed by atoms with Crippen molar-refractivity contribution >= 4 is 0 Å². The molecule has 3 saturated heterocycles. The van der Waals surface area contributed by atoms with Crippen LogP contribution in [0.2, 0.25) is 0 Å². The molecule has 3 heterocycles. The Labute approximate surface area is 133 Å². The fraction of sp³-hybridized carbons (Fsp3) is 0.562. The summed E-state index contributed by atoms with van der Waals surface area (Å²) in [5.41, 5.74) is 0.866. The molecule has 122 valence electrons. The first-order chi connectivity index (χ1) is 11.1. The van der Waals surface area contributed by atoms with E-state index in [0.29, 0.717) is 0 Å². The Morgan fingerprint density at radius 2 is 1.96 bits per heavy atom. The van der Waals surface area contributed by atoms with Crippen LogP contribution in [-0.4, -0.2) is 48.2 Å². The number of hydrogen-bond donors (Lipinski definition) is 1. The monoisotopic (exact) mass is 319 g/mol. The third-order valence-corrected chi connectivity index (χ3v) is 4.29. The van der Waals surface area contributed by atoms with Crippen molar-refractivity contribution in [2.75, 3.05) is 6.61 Å². The first-order valence-electron chi connectivity index (χ1n) is 7.52. The highest BCUT2D eigenvalue weighted by Gasteiger charge is 2.57. The molecule has 7 atom stereocenters. The van der Waals surface area contributed by atoms with Gasteiger partial charge in [-0.2, -0.15) is 5.26 Å². The summed E-state index contributed by atoms with van der Waals surface area (Å²) in [6, 6.07) is 11.4. The van der Waals surface area contributed by atoms with Crippen molar-refractivity contribution in [1.82, 2.24) is 0 Å². The molecule has 7 nitrogen and oxygen atoms in total. The molecule has 0 unspecified atom stereocenters. The fourth-order valence-corrected chi connectivity index (χ4v) is 3.13. The molecular formula is C16H17NO6. The standard InChI is InChI=1S/C16H17NO6/c1-16(8-17)22-13-11(18)12-10(20-15(13)23-16)7-19-14(21-12)9-5-3-2-4-6-9/h2-6,10-15,18H,7H2,1H3/t10-,11+,12+,13-,14+,15-,16-/m1/s1. The van der Waals surface area contributed by atoms with Crippen molar-refractivity contribution in [3.05, 3.63) is 35.9 Å². The molecule has 0 radical (unpaired) electrons. The average molecular weight is 319 g/mol. The number of nitrogens with zero attached hydrogens (tertiary/aromatic N) is 1. The van der Waals surface area contributed by atoms with Crippen LogP contribution in [0.15, 0.2) is 30.3 Å². The highest BCUT2D eigenvalue weighted by molar-refractivity contribution is 5.16. The summed E-state index contributed by atoms with van der Waals surface area (Å²) in [4.78, 5) is 0. The van der Waals surface area contributed by atoms with Crippen LogP contribution >= 0.6 is 0 Å². The Bertz CT molecular complexity index is 619. The van der Waals surface area contributed by atoms with Gasteiger partial charge in [0.2, 0.25) is 0 Å². The highest BCUT2D eigenvalue weighted by Crippen LogP contribution is 2.40. The molecule has 4 rings (SSSR count). The maximum absolute atomic E-state index is 10.6. The van der Waals surface area contributed by atoms with Crippen LogP contribution in [0.1, 0.15) is 18.8 Å². The predicted molar refractivity (Wildman–Crippen MR) is 74.7 cm³/mol. The summed E-state index contributed by atoms with van der Waals surface area (Å²) in [5, 5.41) is 19.7. The lowest BCUT2D eigenvalue weighted by atomic mass is 9.98. The Hall–Kier alpha value is -1.53. The zero-order chi connectivity index (χ0) is 16.0. The Balaban J connectivity index is 1.53. The van der Waals surface area contributed by atoms with Gasteiger partial charge in [-0.25, -0.2) is 0 Å². The molecule has 0 aromatic heterocycles. The topological polar surface area (TPSA) is 90.2 Å². The predicted octanol–water partition coefficient (Wildman–Crippen LogP) is 0.842. The van der Waals surface area contributed by atoms with E-state index in [1.807, 2.05) is 36.4 Å². The van der Waals surface area contributed by atoms with E-state index in [-0.39, 0.29) is 6.61 Å². The summed E-state index contributed by atoms with van der Waals surface area (Å²) in [6.07, 6.45) is -4.21. The minimum Gasteiger partial charge on any atom is -0.387 e. The smallest absolute Gasteiger partial charge is 0.259 e. The Kier molecular flexibility index (Phi) is 3.61. The fourth-order valence-electron chi connectivity index (χ4n) is 3.13. The number of fused-ring (bicyclic) bond motifs is 2. The van der Waals surface area contributed by atoms with Crippen molar-refractivity contribution in [3.63, 3.8) is 0 Å². The van der Waals surface area contributed by atoms with Gasteiger partial charge in [0.25, 0.3) is 5.79 Å². The van der Waals surface area contributed by atoms with Gasteiger partial charge >= 0.3 is 0 Å². The van der Waals surface area contributed by atoms with Gasteiger partial charge < -0.3 is 28.8 Å². The van der Waals surface area contributed by atoms with E-state index >= 15 is 0 Å². The number of hydrogen-bond acceptors (Lipinski definition) is 7. The number of aliphatic hydroxyl groups is 1. The molecule has 0 amide bonds. The van der Waals surface area contributed by atoms with E-state index in [1.165, 1.54) is 6.92 Å². The molecule has 3 aliphatic heterocycles. The quantitative estimate of drug-likeness (QED) is 0.820. The summed E-state index contributed by atoms with van der Waals surface area (Å²) >= 11 is 0. The lowest BCUT2D eigenvalue weighted by Gasteiger charge is -2.44. The molecular weight excluding hydrogens is 302 g/mol. The minimum atomic E-state index is -1.43. The largest absolute Gasteiger partial charge is 0.387 e. The van der Waals surface area contributed by atoms with Gasteiger partial charge in [-0.15, -0.1) is 0 Å². The second-order valence-corrected chi connectivity index (χ2v) is 5.97. The third-order valence-electron chi connectivity index (χ3n) is 4.29. The summed E-state index contributed by atoms with van der Waals surface area (Å²) in [5.74, 6) is -1.43. The molecule has 23 heavy (non-hydrogen) atoms. The van der Waals surface area contributed by atoms with Gasteiger partial charge in [-0.1, -0.05) is 30.3 Å². The van der Waals surface area contributed by atoms with Crippen LogP contribution in [0.5, 0.6) is 0 Å². The van der Waals surface area contributed by atoms with Crippen LogP contribution in [0.25, 0.3) is 0 Å². The second-order valence-electron chi connectivity index (χ2n) is 5.97. The maximum Gasteiger partial charge on any atom is 0.259 e. The van der Waals surface area contributed by atoms with Gasteiger partial charge in [0, 0.05) is 12.5 Å². The van der Waals surface area contributed by atoms with Gasteiger partial charge in [0.05, 0.1) is 6.61 Å². The third kappa shape index (κ3) is 2.54. The van der Waals surface area contributed by atoms with Crippen LogP contribution in [0.4, 0.5) is 0 Å². The van der Waals surface area contributed by atoms with E-state index in [9.17, 15) is 5.11 Å². The van der Waals surface area contributed by atoms with E-state index in [1.54, 1.807) is 0 Å². The summed E-state index contributed by atoms with van der Waals surface area (Å²) in [7, 11) is 0. The van der Waals surface area contributed by atoms with Crippen molar-refractivity contribution in [3.8, 4) is 6.07 Å². The molecule has 0 saturated carbocycles. The zero-order valence-corrected chi connectivity index (χ0v) is 12.5. The number of rotatable bonds is 1. The van der Waals surface area contributed by atoms with Gasteiger partial charge in [-0.3, -0.25) is 0 Å². The van der Waals surface area contributed by atoms with Gasteiger partial charge in [0.1, 0.15) is 30.5 Å².